The zero-order chi connectivity index (χ0) is 10.1. The molecule has 0 fully saturated rings. The first-order valence-electron chi connectivity index (χ1n) is 5.60. The molecule has 0 aliphatic carbocycles. The maximum atomic E-state index is 9.14. The number of rotatable bonds is 8. The molecule has 13 heavy (non-hydrogen) atoms. The minimum atomic E-state index is 0.742. The summed E-state index contributed by atoms with van der Waals surface area (Å²) in [5.74, 6) is 0.838. The summed E-state index contributed by atoms with van der Waals surface area (Å²) >= 11 is 0. The first kappa shape index (κ1) is 12.9. The summed E-state index contributed by atoms with van der Waals surface area (Å²) in [6.07, 6.45) is 6.38. The molecule has 0 heterocycles. The molecular formula is C11H25NO. The van der Waals surface area contributed by atoms with Crippen LogP contribution in [-0.2, 0) is 0 Å². The Hall–Kier alpha value is -0.0800. The van der Waals surface area contributed by atoms with Crippen molar-refractivity contribution in [1.82, 2.24) is 5.06 Å². The van der Waals surface area contributed by atoms with Gasteiger partial charge in [-0.1, -0.05) is 46.5 Å². The standard InChI is InChI=1S/C11H25NO/c1-4-12(13)10-8-6-5-7-9-11(2)3/h11,13H,4-10H2,1-3H3. The second kappa shape index (κ2) is 8.52. The van der Waals surface area contributed by atoms with Crippen molar-refractivity contribution in [3.63, 3.8) is 0 Å². The van der Waals surface area contributed by atoms with Crippen LogP contribution in [0.25, 0.3) is 0 Å². The summed E-state index contributed by atoms with van der Waals surface area (Å²) in [5.41, 5.74) is 0. The van der Waals surface area contributed by atoms with Gasteiger partial charge in [0.25, 0.3) is 0 Å². The van der Waals surface area contributed by atoms with Gasteiger partial charge >= 0.3 is 0 Å². The van der Waals surface area contributed by atoms with Gasteiger partial charge in [-0.3, -0.25) is 0 Å². The molecule has 0 aromatic carbocycles. The molecule has 0 spiro atoms. The van der Waals surface area contributed by atoms with E-state index in [0.717, 1.165) is 25.4 Å². The fourth-order valence-electron chi connectivity index (χ4n) is 1.36. The molecule has 0 unspecified atom stereocenters. The summed E-state index contributed by atoms with van der Waals surface area (Å²) < 4.78 is 0. The second-order valence-corrected chi connectivity index (χ2v) is 4.14. The van der Waals surface area contributed by atoms with Gasteiger partial charge in [-0.15, -0.1) is 0 Å². The van der Waals surface area contributed by atoms with Gasteiger partial charge in [0.2, 0.25) is 0 Å². The lowest BCUT2D eigenvalue weighted by atomic mass is 10.0. The smallest absolute Gasteiger partial charge is 0.0238 e. The third kappa shape index (κ3) is 9.84. The van der Waals surface area contributed by atoms with Crippen molar-refractivity contribution >= 4 is 0 Å². The monoisotopic (exact) mass is 187 g/mol. The van der Waals surface area contributed by atoms with Crippen molar-refractivity contribution < 1.29 is 5.21 Å². The first-order chi connectivity index (χ1) is 6.16. The normalized spacial score (nSPS) is 11.5. The van der Waals surface area contributed by atoms with E-state index in [-0.39, 0.29) is 0 Å². The highest BCUT2D eigenvalue weighted by Crippen LogP contribution is 2.09. The number of hydroxylamine groups is 2. The molecule has 80 valence electrons. The Kier molecular flexibility index (Phi) is 8.46. The average Bonchev–Trinajstić information content (AvgIpc) is 2.10. The molecule has 0 bridgehead atoms. The van der Waals surface area contributed by atoms with Crippen LogP contribution in [0.2, 0.25) is 0 Å². The summed E-state index contributed by atoms with van der Waals surface area (Å²) in [4.78, 5) is 0. The average molecular weight is 187 g/mol. The van der Waals surface area contributed by atoms with Gasteiger partial charge in [-0.25, -0.2) is 0 Å². The molecule has 0 aliphatic heterocycles. The molecule has 0 atom stereocenters. The molecule has 0 saturated carbocycles. The third-order valence-electron chi connectivity index (χ3n) is 2.31. The van der Waals surface area contributed by atoms with Gasteiger partial charge < -0.3 is 5.21 Å². The summed E-state index contributed by atoms with van der Waals surface area (Å²) in [6, 6.07) is 0. The highest BCUT2D eigenvalue weighted by molar-refractivity contribution is 4.49. The zero-order valence-electron chi connectivity index (χ0n) is 9.42. The van der Waals surface area contributed by atoms with Gasteiger partial charge in [0.05, 0.1) is 0 Å². The molecule has 0 aromatic heterocycles. The van der Waals surface area contributed by atoms with Crippen LogP contribution in [0, 0.1) is 5.92 Å². The predicted molar refractivity (Wildman–Crippen MR) is 57.0 cm³/mol. The van der Waals surface area contributed by atoms with Crippen LogP contribution in [0.15, 0.2) is 0 Å². The Morgan fingerprint density at radius 3 is 2.23 bits per heavy atom. The third-order valence-corrected chi connectivity index (χ3v) is 2.31. The maximum absolute atomic E-state index is 9.14. The van der Waals surface area contributed by atoms with E-state index < -0.39 is 0 Å². The zero-order valence-corrected chi connectivity index (χ0v) is 9.42. The van der Waals surface area contributed by atoms with Crippen molar-refractivity contribution in [2.75, 3.05) is 13.1 Å². The number of unbranched alkanes of at least 4 members (excludes halogenated alkanes) is 3. The summed E-state index contributed by atoms with van der Waals surface area (Å²) in [5, 5.41) is 10.5. The van der Waals surface area contributed by atoms with Gasteiger partial charge in [-0.05, 0) is 12.3 Å². The lowest BCUT2D eigenvalue weighted by molar-refractivity contribution is -0.0869. The van der Waals surface area contributed by atoms with Crippen molar-refractivity contribution in [2.24, 2.45) is 5.92 Å². The number of hydrogen-bond acceptors (Lipinski definition) is 2. The molecule has 0 aliphatic rings. The molecule has 2 nitrogen and oxygen atoms in total. The highest BCUT2D eigenvalue weighted by Gasteiger charge is 1.97. The van der Waals surface area contributed by atoms with E-state index in [1.807, 2.05) is 6.92 Å². The Labute approximate surface area is 82.9 Å². The van der Waals surface area contributed by atoms with E-state index in [2.05, 4.69) is 13.8 Å². The molecule has 0 amide bonds. The topological polar surface area (TPSA) is 23.5 Å². The minimum absolute atomic E-state index is 0.742. The van der Waals surface area contributed by atoms with Crippen molar-refractivity contribution in [1.29, 1.82) is 0 Å². The van der Waals surface area contributed by atoms with Crippen LogP contribution in [0.3, 0.4) is 0 Å². The molecule has 1 N–H and O–H groups in total. The SMILES string of the molecule is CCN(O)CCCCCCC(C)C. The van der Waals surface area contributed by atoms with E-state index in [1.54, 1.807) is 0 Å². The number of hydrogen-bond donors (Lipinski definition) is 1. The minimum Gasteiger partial charge on any atom is -0.314 e. The van der Waals surface area contributed by atoms with E-state index >= 15 is 0 Å². The van der Waals surface area contributed by atoms with E-state index in [1.165, 1.54) is 30.7 Å². The fourth-order valence-corrected chi connectivity index (χ4v) is 1.36. The Morgan fingerprint density at radius 1 is 1.08 bits per heavy atom. The molecule has 0 saturated heterocycles. The van der Waals surface area contributed by atoms with E-state index in [9.17, 15) is 0 Å². The molecular weight excluding hydrogens is 162 g/mol. The molecule has 0 aromatic rings. The summed E-state index contributed by atoms with van der Waals surface area (Å²) in [7, 11) is 0. The van der Waals surface area contributed by atoms with Gasteiger partial charge in [0, 0.05) is 13.1 Å². The van der Waals surface area contributed by atoms with Gasteiger partial charge in [-0.2, -0.15) is 5.06 Å². The predicted octanol–water partition coefficient (Wildman–Crippen LogP) is 3.30. The fraction of sp³-hybridized carbons (Fsp3) is 1.00. The molecule has 0 radical (unpaired) electrons. The Bertz CT molecular complexity index is 104. The van der Waals surface area contributed by atoms with Crippen molar-refractivity contribution in [3.05, 3.63) is 0 Å². The maximum Gasteiger partial charge on any atom is 0.0238 e. The summed E-state index contributed by atoms with van der Waals surface area (Å²) in [6.45, 7) is 8.09. The Balaban J connectivity index is 2.99. The van der Waals surface area contributed by atoms with Crippen LogP contribution in [-0.4, -0.2) is 23.4 Å². The van der Waals surface area contributed by atoms with Crippen LogP contribution in [0.1, 0.15) is 52.9 Å². The van der Waals surface area contributed by atoms with E-state index in [0.29, 0.717) is 0 Å². The van der Waals surface area contributed by atoms with Crippen molar-refractivity contribution in [3.8, 4) is 0 Å². The molecule has 0 rings (SSSR count). The van der Waals surface area contributed by atoms with Gasteiger partial charge in [0.15, 0.2) is 0 Å². The van der Waals surface area contributed by atoms with Crippen LogP contribution >= 0.6 is 0 Å². The largest absolute Gasteiger partial charge is 0.314 e. The van der Waals surface area contributed by atoms with Gasteiger partial charge in [0.1, 0.15) is 0 Å². The second-order valence-electron chi connectivity index (χ2n) is 4.14. The highest BCUT2D eigenvalue weighted by atomic mass is 16.5. The van der Waals surface area contributed by atoms with E-state index in [4.69, 9.17) is 5.21 Å². The van der Waals surface area contributed by atoms with Crippen LogP contribution in [0.4, 0.5) is 0 Å². The quantitative estimate of drug-likeness (QED) is 0.465. The van der Waals surface area contributed by atoms with Crippen LogP contribution < -0.4 is 0 Å². The number of nitrogens with zero attached hydrogens (tertiary/aromatic N) is 1. The van der Waals surface area contributed by atoms with Crippen LogP contribution in [0.5, 0.6) is 0 Å². The molecule has 2 heteroatoms. The lowest BCUT2D eigenvalue weighted by Gasteiger charge is -2.11. The first-order valence-corrected chi connectivity index (χ1v) is 5.60. The van der Waals surface area contributed by atoms with Crippen molar-refractivity contribution in [2.45, 2.75) is 52.9 Å². The Morgan fingerprint density at radius 2 is 1.69 bits per heavy atom. The lowest BCUT2D eigenvalue weighted by Crippen LogP contribution is -2.19.